The largest absolute Gasteiger partial charge is 0.375 e. The Hall–Kier alpha value is -0.0400. The van der Waals surface area contributed by atoms with Crippen LogP contribution in [0.4, 0.5) is 0 Å². The summed E-state index contributed by atoms with van der Waals surface area (Å²) >= 11 is 0. The molecule has 0 aromatic heterocycles. The van der Waals surface area contributed by atoms with Gasteiger partial charge in [-0.1, -0.05) is 27.7 Å². The first kappa shape index (κ1) is 10.0. The van der Waals surface area contributed by atoms with Crippen LogP contribution < -0.4 is 0 Å². The van der Waals surface area contributed by atoms with Gasteiger partial charge in [-0.2, -0.15) is 0 Å². The number of hydrogen-bond donors (Lipinski definition) is 0. The predicted octanol–water partition coefficient (Wildman–Crippen LogP) is 3.09. The minimum absolute atomic E-state index is 0.446. The van der Waals surface area contributed by atoms with Gasteiger partial charge in [0, 0.05) is 0 Å². The summed E-state index contributed by atoms with van der Waals surface area (Å²) < 4.78 is 5.93. The fourth-order valence-corrected chi connectivity index (χ4v) is 2.24. The van der Waals surface area contributed by atoms with Crippen LogP contribution in [0.2, 0.25) is 0 Å². The van der Waals surface area contributed by atoms with Crippen LogP contribution in [0.3, 0.4) is 0 Å². The van der Waals surface area contributed by atoms with E-state index in [-0.39, 0.29) is 0 Å². The molecule has 0 aromatic rings. The van der Waals surface area contributed by atoms with Crippen molar-refractivity contribution in [3.05, 3.63) is 0 Å². The first-order valence-electron chi connectivity index (χ1n) is 5.23. The summed E-state index contributed by atoms with van der Waals surface area (Å²) in [5.41, 5.74) is 0. The van der Waals surface area contributed by atoms with E-state index in [0.29, 0.717) is 18.1 Å². The van der Waals surface area contributed by atoms with Gasteiger partial charge in [-0.25, -0.2) is 0 Å². The molecule has 12 heavy (non-hydrogen) atoms. The van der Waals surface area contributed by atoms with Gasteiger partial charge in [-0.15, -0.1) is 0 Å². The third-order valence-corrected chi connectivity index (χ3v) is 3.78. The molecule has 1 fully saturated rings. The molecule has 1 heterocycles. The molecule has 0 amide bonds. The zero-order valence-electron chi connectivity index (χ0n) is 9.00. The van der Waals surface area contributed by atoms with E-state index in [2.05, 4.69) is 34.6 Å². The Morgan fingerprint density at radius 3 is 2.00 bits per heavy atom. The highest BCUT2D eigenvalue weighted by molar-refractivity contribution is 4.83. The molecular weight excluding hydrogens is 148 g/mol. The summed E-state index contributed by atoms with van der Waals surface area (Å²) in [7, 11) is 0. The molecule has 0 saturated carbocycles. The Kier molecular flexibility index (Phi) is 3.16. The molecule has 1 rings (SSSR count). The lowest BCUT2D eigenvalue weighted by Gasteiger charge is -2.42. The summed E-state index contributed by atoms with van der Waals surface area (Å²) in [4.78, 5) is 0. The number of hydrogen-bond acceptors (Lipinski definition) is 1. The van der Waals surface area contributed by atoms with E-state index in [9.17, 15) is 0 Å². The average Bonchev–Trinajstić information content (AvgIpc) is 2.08. The maximum Gasteiger partial charge on any atom is 0.0604 e. The molecule has 1 nitrogen and oxygen atoms in total. The zero-order chi connectivity index (χ0) is 9.30. The Morgan fingerprint density at radius 2 is 1.50 bits per heavy atom. The molecule has 1 heteroatoms. The molecule has 5 atom stereocenters. The molecule has 0 aliphatic carbocycles. The van der Waals surface area contributed by atoms with Gasteiger partial charge < -0.3 is 4.74 Å². The molecule has 72 valence electrons. The molecule has 0 radical (unpaired) electrons. The Bertz CT molecular complexity index is 139. The Morgan fingerprint density at radius 1 is 0.917 bits per heavy atom. The van der Waals surface area contributed by atoms with Gasteiger partial charge in [0.25, 0.3) is 0 Å². The van der Waals surface area contributed by atoms with Crippen molar-refractivity contribution in [2.45, 2.75) is 53.2 Å². The van der Waals surface area contributed by atoms with Crippen molar-refractivity contribution in [1.82, 2.24) is 0 Å². The van der Waals surface area contributed by atoms with Crippen LogP contribution >= 0.6 is 0 Å². The van der Waals surface area contributed by atoms with Gasteiger partial charge in [0.1, 0.15) is 0 Å². The lowest BCUT2D eigenvalue weighted by molar-refractivity contribution is -0.125. The summed E-state index contributed by atoms with van der Waals surface area (Å²) in [5, 5.41) is 0. The second-order valence-electron chi connectivity index (χ2n) is 4.37. The minimum Gasteiger partial charge on any atom is -0.375 e. The van der Waals surface area contributed by atoms with Crippen molar-refractivity contribution in [3.63, 3.8) is 0 Å². The summed E-state index contributed by atoms with van der Waals surface area (Å²) in [6, 6.07) is 0. The Balaban J connectivity index is 2.63. The highest BCUT2D eigenvalue weighted by Gasteiger charge is 2.35. The zero-order valence-corrected chi connectivity index (χ0v) is 9.00. The molecule has 1 aliphatic heterocycles. The molecule has 0 aromatic carbocycles. The van der Waals surface area contributed by atoms with Crippen molar-refractivity contribution < 1.29 is 4.74 Å². The fraction of sp³-hybridized carbons (Fsp3) is 1.00. The predicted molar refractivity (Wildman–Crippen MR) is 52.1 cm³/mol. The van der Waals surface area contributed by atoms with E-state index in [1.54, 1.807) is 0 Å². The maximum absolute atomic E-state index is 5.93. The van der Waals surface area contributed by atoms with Gasteiger partial charge in [0.15, 0.2) is 0 Å². The summed E-state index contributed by atoms with van der Waals surface area (Å²) in [6.45, 7) is 11.4. The van der Waals surface area contributed by atoms with Crippen molar-refractivity contribution in [3.8, 4) is 0 Å². The monoisotopic (exact) mass is 170 g/mol. The first-order chi connectivity index (χ1) is 5.57. The van der Waals surface area contributed by atoms with E-state index in [1.165, 1.54) is 0 Å². The molecule has 2 unspecified atom stereocenters. The van der Waals surface area contributed by atoms with Crippen LogP contribution in [-0.4, -0.2) is 12.2 Å². The number of ether oxygens (including phenoxy) is 1. The number of rotatable bonds is 1. The average molecular weight is 170 g/mol. The van der Waals surface area contributed by atoms with Crippen molar-refractivity contribution in [2.24, 2.45) is 17.8 Å². The van der Waals surface area contributed by atoms with Crippen molar-refractivity contribution in [2.75, 3.05) is 0 Å². The third-order valence-electron chi connectivity index (χ3n) is 3.78. The normalized spacial score (nSPS) is 49.2. The van der Waals surface area contributed by atoms with E-state index >= 15 is 0 Å². The highest BCUT2D eigenvalue weighted by Crippen LogP contribution is 2.35. The molecule has 0 spiro atoms. The van der Waals surface area contributed by atoms with Crippen LogP contribution in [0.5, 0.6) is 0 Å². The minimum atomic E-state index is 0.446. The van der Waals surface area contributed by atoms with Crippen molar-refractivity contribution >= 4 is 0 Å². The topological polar surface area (TPSA) is 9.23 Å². The molecule has 1 saturated heterocycles. The summed E-state index contributed by atoms with van der Waals surface area (Å²) in [6.07, 6.45) is 2.09. The Labute approximate surface area is 76.5 Å². The van der Waals surface area contributed by atoms with Crippen LogP contribution in [-0.2, 0) is 4.74 Å². The SMILES string of the molecule is CCC1OC(C)[C@H](C)[C@@H](C)[C@@H]1C. The second kappa shape index (κ2) is 3.78. The van der Waals surface area contributed by atoms with E-state index < -0.39 is 0 Å². The quantitative estimate of drug-likeness (QED) is 0.587. The van der Waals surface area contributed by atoms with E-state index in [1.807, 2.05) is 0 Å². The van der Waals surface area contributed by atoms with E-state index in [0.717, 1.165) is 18.3 Å². The molecule has 0 bridgehead atoms. The molecule has 0 N–H and O–H groups in total. The summed E-state index contributed by atoms with van der Waals surface area (Å²) in [5.74, 6) is 2.24. The third kappa shape index (κ3) is 1.66. The van der Waals surface area contributed by atoms with Gasteiger partial charge in [-0.3, -0.25) is 0 Å². The lowest BCUT2D eigenvalue weighted by atomic mass is 9.76. The van der Waals surface area contributed by atoms with Crippen molar-refractivity contribution in [1.29, 1.82) is 0 Å². The smallest absolute Gasteiger partial charge is 0.0604 e. The lowest BCUT2D eigenvalue weighted by Crippen LogP contribution is -2.42. The van der Waals surface area contributed by atoms with Crippen LogP contribution in [0.15, 0.2) is 0 Å². The van der Waals surface area contributed by atoms with Gasteiger partial charge in [0.05, 0.1) is 12.2 Å². The van der Waals surface area contributed by atoms with Crippen LogP contribution in [0, 0.1) is 17.8 Å². The standard InChI is InChI=1S/C11H22O/c1-6-11-9(4)7(2)8(3)10(5)12-11/h7-11H,6H2,1-5H3/t7-,8-,9+,10?,11?/m1/s1. The highest BCUT2D eigenvalue weighted by atomic mass is 16.5. The van der Waals surface area contributed by atoms with Crippen LogP contribution in [0.25, 0.3) is 0 Å². The molecular formula is C11H22O. The van der Waals surface area contributed by atoms with Gasteiger partial charge in [-0.05, 0) is 31.1 Å². The van der Waals surface area contributed by atoms with E-state index in [4.69, 9.17) is 4.74 Å². The first-order valence-corrected chi connectivity index (χ1v) is 5.23. The second-order valence-corrected chi connectivity index (χ2v) is 4.37. The maximum atomic E-state index is 5.93. The molecule has 1 aliphatic rings. The van der Waals surface area contributed by atoms with Gasteiger partial charge >= 0.3 is 0 Å². The van der Waals surface area contributed by atoms with Gasteiger partial charge in [0.2, 0.25) is 0 Å². The van der Waals surface area contributed by atoms with Crippen LogP contribution in [0.1, 0.15) is 41.0 Å². The fourth-order valence-electron chi connectivity index (χ4n) is 2.24.